The van der Waals surface area contributed by atoms with Gasteiger partial charge in [0, 0.05) is 13.6 Å². The molecule has 1 saturated heterocycles. The smallest absolute Gasteiger partial charge is 0.313 e. The highest BCUT2D eigenvalue weighted by atomic mass is 32.1. The van der Waals surface area contributed by atoms with Gasteiger partial charge >= 0.3 is 11.8 Å². The van der Waals surface area contributed by atoms with Gasteiger partial charge in [-0.15, -0.1) is 0 Å². The highest BCUT2D eigenvalue weighted by Crippen LogP contribution is 2.36. The molecular formula is C23H28N6O2S. The number of benzene rings is 1. The van der Waals surface area contributed by atoms with Gasteiger partial charge in [-0.2, -0.15) is 0 Å². The summed E-state index contributed by atoms with van der Waals surface area (Å²) in [4.78, 5) is 36.5. The van der Waals surface area contributed by atoms with Gasteiger partial charge in [0.1, 0.15) is 5.82 Å². The van der Waals surface area contributed by atoms with Gasteiger partial charge in [-0.25, -0.2) is 9.97 Å². The van der Waals surface area contributed by atoms with Crippen LogP contribution in [0.2, 0.25) is 0 Å². The van der Waals surface area contributed by atoms with E-state index in [9.17, 15) is 9.59 Å². The lowest BCUT2D eigenvalue weighted by Gasteiger charge is -2.38. The van der Waals surface area contributed by atoms with Crippen LogP contribution in [0.3, 0.4) is 0 Å². The van der Waals surface area contributed by atoms with Crippen LogP contribution in [0.25, 0.3) is 10.2 Å². The van der Waals surface area contributed by atoms with Crippen molar-refractivity contribution >= 4 is 50.0 Å². The van der Waals surface area contributed by atoms with Crippen LogP contribution >= 0.6 is 11.3 Å². The lowest BCUT2D eigenvalue weighted by atomic mass is 9.89. The molecule has 0 radical (unpaired) electrons. The van der Waals surface area contributed by atoms with E-state index < -0.39 is 11.8 Å². The number of nitrogens with two attached hydrogens (primary N) is 1. The lowest BCUT2D eigenvalue weighted by Crippen LogP contribution is -2.46. The van der Waals surface area contributed by atoms with Crippen molar-refractivity contribution in [2.75, 3.05) is 30.0 Å². The minimum absolute atomic E-state index is 0.163. The number of likely N-dealkylation sites (tertiary alicyclic amines) is 1. The van der Waals surface area contributed by atoms with Crippen LogP contribution in [-0.4, -0.2) is 40.3 Å². The number of hydrogen-bond donors (Lipinski definition) is 3. The molecule has 8 nitrogen and oxygen atoms in total. The molecule has 1 fully saturated rings. The van der Waals surface area contributed by atoms with Gasteiger partial charge in [0.2, 0.25) is 0 Å². The molecule has 0 saturated carbocycles. The number of aryl methyl sites for hydroxylation is 1. The van der Waals surface area contributed by atoms with E-state index in [0.717, 1.165) is 39.3 Å². The maximum atomic E-state index is 13.2. The van der Waals surface area contributed by atoms with Crippen LogP contribution in [0.4, 0.5) is 16.6 Å². The van der Waals surface area contributed by atoms with Crippen LogP contribution in [-0.2, 0) is 16.0 Å². The highest BCUT2D eigenvalue weighted by molar-refractivity contribution is 7.22. The van der Waals surface area contributed by atoms with Gasteiger partial charge in [-0.05, 0) is 54.5 Å². The summed E-state index contributed by atoms with van der Waals surface area (Å²) >= 11 is 1.59. The van der Waals surface area contributed by atoms with Gasteiger partial charge in [-0.1, -0.05) is 31.3 Å². The molecule has 1 aliphatic heterocycles. The number of amides is 2. The Hall–Kier alpha value is -3.20. The molecule has 2 atom stereocenters. The number of piperidine rings is 1. The van der Waals surface area contributed by atoms with Gasteiger partial charge in [-0.3, -0.25) is 9.59 Å². The van der Waals surface area contributed by atoms with Crippen molar-refractivity contribution < 1.29 is 9.59 Å². The first-order chi connectivity index (χ1) is 15.4. The van der Waals surface area contributed by atoms with E-state index in [0.29, 0.717) is 30.4 Å². The SMILES string of the molecule is CCc1cc(NC(=O)C(=O)N2C[C@@H](C)CC[C@@H]2c2ccc3sc(NC)nc3c2)cnc1N. The van der Waals surface area contributed by atoms with E-state index in [4.69, 9.17) is 5.73 Å². The lowest BCUT2D eigenvalue weighted by molar-refractivity contribution is -0.146. The third-order valence-corrected chi connectivity index (χ3v) is 6.98. The van der Waals surface area contributed by atoms with Gasteiger partial charge < -0.3 is 21.3 Å². The standard InChI is InChI=1S/C23H28N6O2S/c1-4-14-9-16(11-26-20(14)24)27-21(30)22(31)29-12-13(2)5-7-18(29)15-6-8-19-17(10-15)28-23(25-3)32-19/h6,8-11,13,18H,4-5,7,12H2,1-3H3,(H2,24,26)(H,25,28)(H,27,30)/t13-,18+/m0/s1. The number of thiazole rings is 1. The topological polar surface area (TPSA) is 113 Å². The van der Waals surface area contributed by atoms with Crippen LogP contribution in [0, 0.1) is 5.92 Å². The zero-order valence-corrected chi connectivity index (χ0v) is 19.3. The quantitative estimate of drug-likeness (QED) is 0.519. The van der Waals surface area contributed by atoms with Gasteiger partial charge in [0.05, 0.1) is 28.1 Å². The maximum Gasteiger partial charge on any atom is 0.313 e. The summed E-state index contributed by atoms with van der Waals surface area (Å²) in [6.07, 6.45) is 3.97. The zero-order chi connectivity index (χ0) is 22.8. The van der Waals surface area contributed by atoms with Crippen molar-refractivity contribution in [3.63, 3.8) is 0 Å². The van der Waals surface area contributed by atoms with E-state index in [1.54, 1.807) is 22.3 Å². The summed E-state index contributed by atoms with van der Waals surface area (Å²) in [5.74, 6) is -0.442. The molecule has 2 amide bonds. The normalized spacial score (nSPS) is 18.5. The van der Waals surface area contributed by atoms with Crippen LogP contribution in [0.5, 0.6) is 0 Å². The van der Waals surface area contributed by atoms with E-state index in [1.165, 1.54) is 6.20 Å². The summed E-state index contributed by atoms with van der Waals surface area (Å²) in [6, 6.07) is 7.71. The molecular weight excluding hydrogens is 424 g/mol. The van der Waals surface area contributed by atoms with Crippen LogP contribution in [0.1, 0.15) is 43.9 Å². The number of rotatable bonds is 4. The van der Waals surface area contributed by atoms with E-state index in [2.05, 4.69) is 27.5 Å². The molecule has 4 rings (SSSR count). The van der Waals surface area contributed by atoms with E-state index in [1.807, 2.05) is 32.2 Å². The number of pyridine rings is 1. The molecule has 0 unspecified atom stereocenters. The Morgan fingerprint density at radius 2 is 2.09 bits per heavy atom. The third-order valence-electron chi connectivity index (χ3n) is 5.92. The second kappa shape index (κ2) is 9.12. The molecule has 3 aromatic rings. The number of fused-ring (bicyclic) bond motifs is 1. The average molecular weight is 453 g/mol. The molecule has 4 N–H and O–H groups in total. The number of nitrogens with zero attached hydrogens (tertiary/aromatic N) is 3. The van der Waals surface area contributed by atoms with Crippen molar-refractivity contribution in [1.29, 1.82) is 0 Å². The zero-order valence-electron chi connectivity index (χ0n) is 18.5. The molecule has 0 spiro atoms. The maximum absolute atomic E-state index is 13.2. The predicted molar refractivity (Wildman–Crippen MR) is 129 cm³/mol. The van der Waals surface area contributed by atoms with Gasteiger partial charge in [0.25, 0.3) is 0 Å². The van der Waals surface area contributed by atoms with E-state index >= 15 is 0 Å². The summed E-state index contributed by atoms with van der Waals surface area (Å²) in [7, 11) is 1.85. The van der Waals surface area contributed by atoms with Crippen molar-refractivity contribution in [2.45, 2.75) is 39.2 Å². The van der Waals surface area contributed by atoms with Gasteiger partial charge in [0.15, 0.2) is 5.13 Å². The third kappa shape index (κ3) is 4.38. The number of nitrogen functional groups attached to an aromatic ring is 1. The number of hydrogen-bond acceptors (Lipinski definition) is 7. The molecule has 9 heteroatoms. The average Bonchev–Trinajstić information content (AvgIpc) is 3.22. The summed E-state index contributed by atoms with van der Waals surface area (Å²) < 4.78 is 1.08. The predicted octanol–water partition coefficient (Wildman–Crippen LogP) is 3.82. The van der Waals surface area contributed by atoms with Crippen LogP contribution in [0.15, 0.2) is 30.5 Å². The number of aromatic nitrogens is 2. The van der Waals surface area contributed by atoms with Crippen molar-refractivity contribution in [3.05, 3.63) is 41.6 Å². The summed E-state index contributed by atoms with van der Waals surface area (Å²) in [5.41, 5.74) is 9.05. The Kier molecular flexibility index (Phi) is 6.27. The minimum Gasteiger partial charge on any atom is -0.383 e. The molecule has 1 aliphatic rings. The molecule has 1 aromatic carbocycles. The Morgan fingerprint density at radius 1 is 1.28 bits per heavy atom. The largest absolute Gasteiger partial charge is 0.383 e. The first kappa shape index (κ1) is 22.0. The second-order valence-corrected chi connectivity index (χ2v) is 9.26. The fourth-order valence-electron chi connectivity index (χ4n) is 4.17. The van der Waals surface area contributed by atoms with E-state index in [-0.39, 0.29) is 6.04 Å². The molecule has 3 heterocycles. The molecule has 0 aliphatic carbocycles. The first-order valence-corrected chi connectivity index (χ1v) is 11.7. The Bertz CT molecular complexity index is 1160. The highest BCUT2D eigenvalue weighted by Gasteiger charge is 2.34. The minimum atomic E-state index is -0.662. The number of carbonyl (C=O) groups is 2. The number of nitrogens with one attached hydrogen (secondary N) is 2. The second-order valence-electron chi connectivity index (χ2n) is 8.23. The molecule has 32 heavy (non-hydrogen) atoms. The molecule has 2 aromatic heterocycles. The Balaban J connectivity index is 1.57. The fraction of sp³-hybridized carbons (Fsp3) is 0.391. The van der Waals surface area contributed by atoms with Crippen LogP contribution < -0.4 is 16.4 Å². The first-order valence-electron chi connectivity index (χ1n) is 10.8. The van der Waals surface area contributed by atoms with Crippen molar-refractivity contribution in [1.82, 2.24) is 14.9 Å². The summed E-state index contributed by atoms with van der Waals surface area (Å²) in [6.45, 7) is 4.60. The fourth-order valence-corrected chi connectivity index (χ4v) is 4.97. The monoisotopic (exact) mass is 452 g/mol. The van der Waals surface area contributed by atoms with Crippen molar-refractivity contribution in [3.8, 4) is 0 Å². The molecule has 168 valence electrons. The summed E-state index contributed by atoms with van der Waals surface area (Å²) in [5, 5.41) is 6.63. The number of anilines is 3. The molecule has 0 bridgehead atoms. The van der Waals surface area contributed by atoms with Crippen molar-refractivity contribution in [2.24, 2.45) is 5.92 Å². The Labute approximate surface area is 191 Å². The Morgan fingerprint density at radius 3 is 2.84 bits per heavy atom. The number of carbonyl (C=O) groups excluding carboxylic acids is 2.